The summed E-state index contributed by atoms with van der Waals surface area (Å²) >= 11 is 0. The van der Waals surface area contributed by atoms with Crippen molar-refractivity contribution in [3.63, 3.8) is 0 Å². The monoisotopic (exact) mass is 553 g/mol. The van der Waals surface area contributed by atoms with Crippen LogP contribution in [0, 0.1) is 6.92 Å². The molecule has 2 aromatic carbocycles. The molecule has 1 saturated heterocycles. The number of hydrogen-bond acceptors (Lipinski definition) is 6. The lowest BCUT2D eigenvalue weighted by atomic mass is 10.1. The van der Waals surface area contributed by atoms with Crippen molar-refractivity contribution in [1.82, 2.24) is 14.8 Å². The van der Waals surface area contributed by atoms with Crippen LogP contribution in [0.5, 0.6) is 11.5 Å². The number of amides is 2. The smallest absolute Gasteiger partial charge is 0.251 e. The molecule has 0 bridgehead atoms. The van der Waals surface area contributed by atoms with E-state index in [-0.39, 0.29) is 30.0 Å². The predicted octanol–water partition coefficient (Wildman–Crippen LogP) is 3.65. The first-order chi connectivity index (χ1) is 19.7. The van der Waals surface area contributed by atoms with E-state index in [1.807, 2.05) is 24.0 Å². The first-order valence-corrected chi connectivity index (χ1v) is 13.7. The van der Waals surface area contributed by atoms with Crippen molar-refractivity contribution in [1.29, 1.82) is 0 Å². The first kappa shape index (κ1) is 27.8. The standard InChI is InChI=1S/C32H35N5O4/c1-20-3-14-30(38)36(17-20)18-24-6-5-23(32(40)35-25-16-31(39)37(19-25)26-9-10-26)15-29(24)41-27-11-7-22(8-12-27)28(34)13-4-21(2)33/h3-8,11-15,17,25-26H,9-10,16,18-19,33-34H2,1-2H3,(H,35,40)/b21-4-,28-13-/t25-/m0/s1. The summed E-state index contributed by atoms with van der Waals surface area (Å²) in [5, 5.41) is 3.01. The van der Waals surface area contributed by atoms with Gasteiger partial charge in [-0.05, 0) is 86.4 Å². The molecule has 0 unspecified atom stereocenters. The Labute approximate surface area is 239 Å². The number of nitrogens with zero attached hydrogens (tertiary/aromatic N) is 2. The molecule has 9 nitrogen and oxygen atoms in total. The van der Waals surface area contributed by atoms with Gasteiger partial charge in [0.15, 0.2) is 0 Å². The minimum atomic E-state index is -0.277. The fraction of sp³-hybridized carbons (Fsp3) is 0.281. The van der Waals surface area contributed by atoms with Gasteiger partial charge in [0.1, 0.15) is 11.5 Å². The predicted molar refractivity (Wildman–Crippen MR) is 158 cm³/mol. The molecule has 1 saturated carbocycles. The van der Waals surface area contributed by atoms with Gasteiger partial charge in [-0.25, -0.2) is 0 Å². The number of likely N-dealkylation sites (tertiary alicyclic amines) is 1. The quantitative estimate of drug-likeness (QED) is 0.347. The Hall–Kier alpha value is -4.79. The minimum Gasteiger partial charge on any atom is -0.457 e. The highest BCUT2D eigenvalue weighted by Crippen LogP contribution is 2.31. The molecular weight excluding hydrogens is 518 g/mol. The van der Waals surface area contributed by atoms with Gasteiger partial charge in [-0.15, -0.1) is 0 Å². The zero-order valence-electron chi connectivity index (χ0n) is 23.3. The van der Waals surface area contributed by atoms with E-state index in [9.17, 15) is 14.4 Å². The molecule has 1 aromatic heterocycles. The van der Waals surface area contributed by atoms with E-state index in [4.69, 9.17) is 16.2 Å². The molecule has 1 atom stereocenters. The van der Waals surface area contributed by atoms with Crippen LogP contribution in [-0.2, 0) is 11.3 Å². The van der Waals surface area contributed by atoms with Crippen molar-refractivity contribution >= 4 is 17.5 Å². The molecule has 212 valence electrons. The summed E-state index contributed by atoms with van der Waals surface area (Å²) in [5.41, 5.74) is 15.8. The largest absolute Gasteiger partial charge is 0.457 e. The molecule has 5 rings (SSSR count). The van der Waals surface area contributed by atoms with Crippen LogP contribution >= 0.6 is 0 Å². The number of nitrogens with two attached hydrogens (primary N) is 2. The second-order valence-electron chi connectivity index (χ2n) is 10.8. The van der Waals surface area contributed by atoms with Crippen molar-refractivity contribution in [2.24, 2.45) is 11.5 Å². The Morgan fingerprint density at radius 2 is 1.76 bits per heavy atom. The topological polar surface area (TPSA) is 133 Å². The number of ether oxygens (including phenoxy) is 1. The molecule has 0 radical (unpaired) electrons. The third kappa shape index (κ3) is 6.87. The molecule has 3 aromatic rings. The van der Waals surface area contributed by atoms with Gasteiger partial charge in [-0.1, -0.05) is 12.1 Å². The Morgan fingerprint density at radius 3 is 2.46 bits per heavy atom. The van der Waals surface area contributed by atoms with Gasteiger partial charge in [0.25, 0.3) is 11.5 Å². The number of carbonyl (C=O) groups is 2. The fourth-order valence-electron chi connectivity index (χ4n) is 4.88. The van der Waals surface area contributed by atoms with Gasteiger partial charge in [0, 0.05) is 53.8 Å². The van der Waals surface area contributed by atoms with Gasteiger partial charge >= 0.3 is 0 Å². The Kier molecular flexibility index (Phi) is 7.96. The third-order valence-corrected chi connectivity index (χ3v) is 7.22. The average molecular weight is 554 g/mol. The lowest BCUT2D eigenvalue weighted by Gasteiger charge is -2.17. The highest BCUT2D eigenvalue weighted by atomic mass is 16.5. The van der Waals surface area contributed by atoms with Crippen LogP contribution in [0.2, 0.25) is 0 Å². The van der Waals surface area contributed by atoms with Crippen LogP contribution in [0.15, 0.2) is 83.4 Å². The second kappa shape index (κ2) is 11.8. The number of pyridine rings is 1. The van der Waals surface area contributed by atoms with Gasteiger partial charge in [0.2, 0.25) is 5.91 Å². The number of rotatable bonds is 9. The number of carbonyl (C=O) groups excluding carboxylic acids is 2. The third-order valence-electron chi connectivity index (χ3n) is 7.22. The summed E-state index contributed by atoms with van der Waals surface area (Å²) in [6, 6.07) is 15.9. The highest BCUT2D eigenvalue weighted by Gasteiger charge is 2.39. The van der Waals surface area contributed by atoms with Gasteiger partial charge in [-0.2, -0.15) is 0 Å². The van der Waals surface area contributed by atoms with Crippen molar-refractivity contribution in [2.45, 2.75) is 51.7 Å². The number of hydrogen-bond donors (Lipinski definition) is 3. The van der Waals surface area contributed by atoms with Crippen molar-refractivity contribution < 1.29 is 14.3 Å². The van der Waals surface area contributed by atoms with E-state index in [1.54, 1.807) is 66.2 Å². The lowest BCUT2D eigenvalue weighted by molar-refractivity contribution is -0.128. The zero-order valence-corrected chi connectivity index (χ0v) is 23.3. The van der Waals surface area contributed by atoms with Crippen LogP contribution < -0.4 is 27.1 Å². The maximum atomic E-state index is 13.2. The number of allylic oxidation sites excluding steroid dienone is 3. The van der Waals surface area contributed by atoms with Crippen LogP contribution in [-0.4, -0.2) is 39.9 Å². The van der Waals surface area contributed by atoms with Gasteiger partial charge in [0.05, 0.1) is 12.6 Å². The molecule has 0 spiro atoms. The molecule has 2 aliphatic rings. The summed E-state index contributed by atoms with van der Waals surface area (Å²) in [6.07, 6.45) is 7.65. The molecular formula is C32H35N5O4. The zero-order chi connectivity index (χ0) is 29.1. The maximum absolute atomic E-state index is 13.2. The molecule has 1 aliphatic carbocycles. The van der Waals surface area contributed by atoms with Crippen molar-refractivity contribution in [2.75, 3.05) is 6.54 Å². The van der Waals surface area contributed by atoms with Crippen LogP contribution in [0.4, 0.5) is 0 Å². The average Bonchev–Trinajstić information content (AvgIpc) is 3.72. The van der Waals surface area contributed by atoms with Gasteiger partial charge in [-0.3, -0.25) is 14.4 Å². The Bertz CT molecular complexity index is 1580. The van der Waals surface area contributed by atoms with Crippen molar-refractivity contribution in [3.05, 3.63) is 111 Å². The summed E-state index contributed by atoms with van der Waals surface area (Å²) in [4.78, 5) is 40.0. The Morgan fingerprint density at radius 1 is 1.02 bits per heavy atom. The van der Waals surface area contributed by atoms with E-state index in [2.05, 4.69) is 5.32 Å². The minimum absolute atomic E-state index is 0.0916. The summed E-state index contributed by atoms with van der Waals surface area (Å²) in [7, 11) is 0. The number of nitrogens with one attached hydrogen (secondary N) is 1. The van der Waals surface area contributed by atoms with Gasteiger partial charge < -0.3 is 31.0 Å². The summed E-state index contributed by atoms with van der Waals surface area (Å²) in [6.45, 7) is 4.51. The van der Waals surface area contributed by atoms with E-state index in [0.29, 0.717) is 47.5 Å². The first-order valence-electron chi connectivity index (χ1n) is 13.7. The number of benzene rings is 2. The summed E-state index contributed by atoms with van der Waals surface area (Å²) < 4.78 is 7.88. The van der Waals surface area contributed by atoms with Crippen molar-refractivity contribution in [3.8, 4) is 11.5 Å². The fourth-order valence-corrected chi connectivity index (χ4v) is 4.88. The van der Waals surface area contributed by atoms with E-state index in [1.165, 1.54) is 6.07 Å². The molecule has 41 heavy (non-hydrogen) atoms. The molecule has 9 heteroatoms. The molecule has 2 amide bonds. The van der Waals surface area contributed by atoms with Crippen LogP contribution in [0.1, 0.15) is 53.2 Å². The highest BCUT2D eigenvalue weighted by molar-refractivity contribution is 5.95. The SMILES string of the molecule is C/C(N)=C/C=C(\N)c1ccc(Oc2cc(C(=O)N[C@H]3CC(=O)N(C4CC4)C3)ccc2Cn2cc(C)ccc2=O)cc1. The lowest BCUT2D eigenvalue weighted by Crippen LogP contribution is -2.37. The number of aromatic nitrogens is 1. The Balaban J connectivity index is 1.39. The number of aryl methyl sites for hydroxylation is 1. The maximum Gasteiger partial charge on any atom is 0.251 e. The molecule has 2 fully saturated rings. The summed E-state index contributed by atoms with van der Waals surface area (Å²) in [5.74, 6) is 0.810. The molecule has 1 aliphatic heterocycles. The second-order valence-corrected chi connectivity index (χ2v) is 10.8. The normalized spacial score (nSPS) is 17.6. The molecule has 2 heterocycles. The van der Waals surface area contributed by atoms with E-state index in [0.717, 1.165) is 29.5 Å². The van der Waals surface area contributed by atoms with Crippen LogP contribution in [0.25, 0.3) is 5.70 Å². The van der Waals surface area contributed by atoms with E-state index < -0.39 is 0 Å². The van der Waals surface area contributed by atoms with E-state index >= 15 is 0 Å². The van der Waals surface area contributed by atoms with Crippen LogP contribution in [0.3, 0.4) is 0 Å². The molecule has 5 N–H and O–H groups in total.